The highest BCUT2D eigenvalue weighted by atomic mass is 32.2. The largest absolute Gasteiger partial charge is 0.287 e. The maximum Gasteiger partial charge on any atom is 0.189 e. The molecule has 0 aliphatic heterocycles. The zero-order chi connectivity index (χ0) is 14.3. The molecule has 0 atom stereocenters. The minimum Gasteiger partial charge on any atom is -0.287 e. The van der Waals surface area contributed by atoms with Crippen LogP contribution in [0.15, 0.2) is 24.3 Å². The number of benzene rings is 1. The van der Waals surface area contributed by atoms with Gasteiger partial charge in [0.2, 0.25) is 0 Å². The minimum atomic E-state index is 0.314. The number of aryl methyl sites for hydroxylation is 2. The summed E-state index contributed by atoms with van der Waals surface area (Å²) in [6.07, 6.45) is 3.87. The van der Waals surface area contributed by atoms with Gasteiger partial charge in [0.1, 0.15) is 0 Å². The van der Waals surface area contributed by atoms with Crippen molar-refractivity contribution in [1.29, 1.82) is 0 Å². The minimum absolute atomic E-state index is 0.314. The summed E-state index contributed by atoms with van der Waals surface area (Å²) in [6, 6.07) is 8.55. The number of carbonyl (C=O) groups excluding carboxylic acids is 1. The molecule has 0 N–H and O–H groups in total. The number of carbonyl (C=O) groups is 1. The molecule has 0 bridgehead atoms. The van der Waals surface area contributed by atoms with Gasteiger partial charge in [0.25, 0.3) is 0 Å². The summed E-state index contributed by atoms with van der Waals surface area (Å²) in [5.41, 5.74) is 2.76. The molecule has 2 heteroatoms. The van der Waals surface area contributed by atoms with E-state index in [2.05, 4.69) is 52.0 Å². The average molecular weight is 278 g/mol. The zero-order valence-corrected chi connectivity index (χ0v) is 13.4. The Morgan fingerprint density at radius 2 is 1.63 bits per heavy atom. The molecular weight excluding hydrogens is 252 g/mol. The van der Waals surface area contributed by atoms with Crippen molar-refractivity contribution in [2.24, 2.45) is 5.92 Å². The van der Waals surface area contributed by atoms with Gasteiger partial charge in [0.05, 0.1) is 0 Å². The van der Waals surface area contributed by atoms with Crippen LogP contribution in [0.2, 0.25) is 0 Å². The number of rotatable bonds is 7. The molecule has 106 valence electrons. The van der Waals surface area contributed by atoms with Crippen molar-refractivity contribution in [3.8, 4) is 0 Å². The molecule has 1 aromatic rings. The molecule has 0 aliphatic carbocycles. The highest BCUT2D eigenvalue weighted by molar-refractivity contribution is 8.14. The summed E-state index contributed by atoms with van der Waals surface area (Å²) in [4.78, 5) is 11.8. The fourth-order valence-electron chi connectivity index (χ4n) is 2.05. The van der Waals surface area contributed by atoms with E-state index in [0.717, 1.165) is 18.8 Å². The van der Waals surface area contributed by atoms with Crippen molar-refractivity contribution in [2.45, 2.75) is 58.6 Å². The van der Waals surface area contributed by atoms with E-state index in [9.17, 15) is 4.79 Å². The van der Waals surface area contributed by atoms with Crippen LogP contribution >= 0.6 is 11.8 Å². The van der Waals surface area contributed by atoms with Crippen LogP contribution < -0.4 is 0 Å². The predicted octanol–water partition coefficient (Wildman–Crippen LogP) is 4.88. The monoisotopic (exact) mass is 278 g/mol. The second-order valence-corrected chi connectivity index (χ2v) is 7.37. The standard InChI is InChI=1S/C17H26OS/c1-13(2)9-10-15-7-5-6-8-16(15)11-12-17(18)19-14(3)4/h5-8,13-14H,9-12H2,1-4H3. The second-order valence-electron chi connectivity index (χ2n) is 5.74. The van der Waals surface area contributed by atoms with Crippen LogP contribution in [0.4, 0.5) is 0 Å². The molecule has 0 aliphatic rings. The van der Waals surface area contributed by atoms with E-state index in [1.54, 1.807) is 0 Å². The van der Waals surface area contributed by atoms with E-state index in [-0.39, 0.29) is 0 Å². The SMILES string of the molecule is CC(C)CCc1ccccc1CCC(=O)SC(C)C. The summed E-state index contributed by atoms with van der Waals surface area (Å²) < 4.78 is 0. The van der Waals surface area contributed by atoms with Gasteiger partial charge in [-0.25, -0.2) is 0 Å². The Bertz CT molecular complexity index is 396. The lowest BCUT2D eigenvalue weighted by Gasteiger charge is -2.11. The maximum absolute atomic E-state index is 11.8. The quantitative estimate of drug-likeness (QED) is 0.707. The van der Waals surface area contributed by atoms with Gasteiger partial charge in [-0.2, -0.15) is 0 Å². The Labute approximate surface area is 122 Å². The summed E-state index contributed by atoms with van der Waals surface area (Å²) in [5, 5.41) is 0.706. The molecule has 0 saturated heterocycles. The van der Waals surface area contributed by atoms with Gasteiger partial charge in [-0.1, -0.05) is 63.7 Å². The molecular formula is C17H26OS. The third kappa shape index (κ3) is 6.81. The first-order chi connectivity index (χ1) is 8.99. The number of hydrogen-bond donors (Lipinski definition) is 0. The van der Waals surface area contributed by atoms with Gasteiger partial charge in [0.15, 0.2) is 5.12 Å². The highest BCUT2D eigenvalue weighted by Gasteiger charge is 2.08. The molecule has 0 radical (unpaired) electrons. The average Bonchev–Trinajstić information content (AvgIpc) is 2.34. The molecule has 0 spiro atoms. The first kappa shape index (κ1) is 16.3. The van der Waals surface area contributed by atoms with Gasteiger partial charge in [0, 0.05) is 11.7 Å². The van der Waals surface area contributed by atoms with Gasteiger partial charge >= 0.3 is 0 Å². The van der Waals surface area contributed by atoms with Crippen LogP contribution in [-0.2, 0) is 17.6 Å². The van der Waals surface area contributed by atoms with Gasteiger partial charge in [-0.3, -0.25) is 4.79 Å². The molecule has 0 heterocycles. The summed E-state index contributed by atoms with van der Waals surface area (Å²) in [6.45, 7) is 8.65. The van der Waals surface area contributed by atoms with Crippen LogP contribution in [-0.4, -0.2) is 10.4 Å². The van der Waals surface area contributed by atoms with Gasteiger partial charge < -0.3 is 0 Å². The van der Waals surface area contributed by atoms with E-state index >= 15 is 0 Å². The van der Waals surface area contributed by atoms with Crippen molar-refractivity contribution >= 4 is 16.9 Å². The molecule has 0 saturated carbocycles. The maximum atomic E-state index is 11.8. The first-order valence-electron chi connectivity index (χ1n) is 7.25. The van der Waals surface area contributed by atoms with Gasteiger partial charge in [-0.05, 0) is 36.3 Å². The third-order valence-electron chi connectivity index (χ3n) is 3.08. The summed E-state index contributed by atoms with van der Waals surface area (Å²) in [7, 11) is 0. The molecule has 0 aromatic heterocycles. The lowest BCUT2D eigenvalue weighted by molar-refractivity contribution is -0.110. The lowest BCUT2D eigenvalue weighted by atomic mass is 9.96. The van der Waals surface area contributed by atoms with Crippen LogP contribution in [0.3, 0.4) is 0 Å². The van der Waals surface area contributed by atoms with Crippen molar-refractivity contribution in [3.63, 3.8) is 0 Å². The fraction of sp³-hybridized carbons (Fsp3) is 0.588. The normalized spacial score (nSPS) is 11.3. The van der Waals surface area contributed by atoms with Crippen molar-refractivity contribution in [3.05, 3.63) is 35.4 Å². The molecule has 0 fully saturated rings. The number of thioether (sulfide) groups is 1. The van der Waals surface area contributed by atoms with E-state index in [1.165, 1.54) is 29.3 Å². The third-order valence-corrected chi connectivity index (χ3v) is 4.01. The van der Waals surface area contributed by atoms with Crippen LogP contribution in [0.1, 0.15) is 51.7 Å². The first-order valence-corrected chi connectivity index (χ1v) is 8.13. The van der Waals surface area contributed by atoms with E-state index in [1.807, 2.05) is 0 Å². The van der Waals surface area contributed by atoms with Gasteiger partial charge in [-0.15, -0.1) is 0 Å². The summed E-state index contributed by atoms with van der Waals surface area (Å²) >= 11 is 1.46. The molecule has 1 rings (SSSR count). The molecule has 1 aromatic carbocycles. The Kier molecular flexibility index (Phi) is 7.22. The number of hydrogen-bond acceptors (Lipinski definition) is 2. The Morgan fingerprint density at radius 1 is 1.05 bits per heavy atom. The molecule has 1 nitrogen and oxygen atoms in total. The Morgan fingerprint density at radius 3 is 2.16 bits per heavy atom. The topological polar surface area (TPSA) is 17.1 Å². The van der Waals surface area contributed by atoms with E-state index in [0.29, 0.717) is 16.8 Å². The predicted molar refractivity (Wildman–Crippen MR) is 85.7 cm³/mol. The van der Waals surface area contributed by atoms with Crippen molar-refractivity contribution < 1.29 is 4.79 Å². The smallest absolute Gasteiger partial charge is 0.189 e. The zero-order valence-electron chi connectivity index (χ0n) is 12.6. The Balaban J connectivity index is 2.55. The van der Waals surface area contributed by atoms with E-state index in [4.69, 9.17) is 0 Å². The molecule has 19 heavy (non-hydrogen) atoms. The fourth-order valence-corrected chi connectivity index (χ4v) is 2.79. The molecule has 0 amide bonds. The summed E-state index contributed by atoms with van der Waals surface area (Å²) in [5.74, 6) is 0.728. The van der Waals surface area contributed by atoms with Crippen LogP contribution in [0.5, 0.6) is 0 Å². The molecule has 0 unspecified atom stereocenters. The van der Waals surface area contributed by atoms with Crippen LogP contribution in [0.25, 0.3) is 0 Å². The second kappa shape index (κ2) is 8.42. The van der Waals surface area contributed by atoms with Crippen LogP contribution in [0, 0.1) is 5.92 Å². The Hall–Kier alpha value is -0.760. The van der Waals surface area contributed by atoms with Crippen molar-refractivity contribution in [2.75, 3.05) is 0 Å². The highest BCUT2D eigenvalue weighted by Crippen LogP contribution is 2.19. The van der Waals surface area contributed by atoms with E-state index < -0.39 is 0 Å². The van der Waals surface area contributed by atoms with Crippen molar-refractivity contribution in [1.82, 2.24) is 0 Å². The lowest BCUT2D eigenvalue weighted by Crippen LogP contribution is -2.02.